The number of aromatic nitrogens is 5. The molecule has 0 amide bonds. The van der Waals surface area contributed by atoms with Crippen LogP contribution in [0.4, 0.5) is 4.39 Å². The minimum Gasteiger partial charge on any atom is -0.464 e. The average molecular weight is 467 g/mol. The lowest BCUT2D eigenvalue weighted by Crippen LogP contribution is -2.26. The largest absolute Gasteiger partial charge is 0.464 e. The number of halogens is 1. The van der Waals surface area contributed by atoms with Gasteiger partial charge in [-0.05, 0) is 18.9 Å². The highest BCUT2D eigenvalue weighted by molar-refractivity contribution is 7.15. The van der Waals surface area contributed by atoms with Crippen LogP contribution in [0.2, 0.25) is 0 Å². The van der Waals surface area contributed by atoms with E-state index in [1.54, 1.807) is 11.5 Å². The standard InChI is InChI=1S/C22H18FN5O4S/c1-12-21(33-19(25-12)20(29)31-2)32-18-15(23)10-14(11-24-18)28-22(30)27-16(8-9-17(27)26-28)13-6-4-3-5-7-13/h3-7,10-11,16H,8-9H2,1-2H3. The van der Waals surface area contributed by atoms with Gasteiger partial charge in [-0.15, -0.1) is 5.10 Å². The van der Waals surface area contributed by atoms with Gasteiger partial charge < -0.3 is 9.47 Å². The first-order valence-corrected chi connectivity index (χ1v) is 10.9. The first kappa shape index (κ1) is 21.0. The van der Waals surface area contributed by atoms with Gasteiger partial charge in [-0.2, -0.15) is 4.68 Å². The Morgan fingerprint density at radius 1 is 1.27 bits per heavy atom. The Labute approximate surface area is 191 Å². The molecule has 0 fully saturated rings. The number of hydrogen-bond acceptors (Lipinski definition) is 8. The van der Waals surface area contributed by atoms with Gasteiger partial charge in [0.2, 0.25) is 10.1 Å². The second-order valence-electron chi connectivity index (χ2n) is 7.41. The zero-order valence-corrected chi connectivity index (χ0v) is 18.5. The number of thiazole rings is 1. The van der Waals surface area contributed by atoms with E-state index in [0.29, 0.717) is 17.9 Å². The Kier molecular flexibility index (Phi) is 5.25. The van der Waals surface area contributed by atoms with Gasteiger partial charge >= 0.3 is 11.7 Å². The van der Waals surface area contributed by atoms with Gasteiger partial charge in [0, 0.05) is 12.5 Å². The zero-order chi connectivity index (χ0) is 23.1. The molecule has 0 radical (unpaired) electrons. The van der Waals surface area contributed by atoms with Crippen molar-refractivity contribution in [1.82, 2.24) is 24.3 Å². The van der Waals surface area contributed by atoms with E-state index in [-0.39, 0.29) is 33.4 Å². The summed E-state index contributed by atoms with van der Waals surface area (Å²) >= 11 is 0.927. The normalized spacial score (nSPS) is 14.8. The maximum atomic E-state index is 14.8. The summed E-state index contributed by atoms with van der Waals surface area (Å²) in [6.45, 7) is 1.62. The van der Waals surface area contributed by atoms with Crippen LogP contribution < -0.4 is 10.4 Å². The molecule has 0 bridgehead atoms. The third kappa shape index (κ3) is 3.69. The molecule has 0 spiro atoms. The van der Waals surface area contributed by atoms with Gasteiger partial charge in [-0.3, -0.25) is 4.57 Å². The van der Waals surface area contributed by atoms with E-state index in [9.17, 15) is 14.0 Å². The number of methoxy groups -OCH3 is 1. The van der Waals surface area contributed by atoms with Crippen LogP contribution in [-0.4, -0.2) is 37.4 Å². The van der Waals surface area contributed by atoms with E-state index < -0.39 is 11.8 Å². The summed E-state index contributed by atoms with van der Waals surface area (Å²) < 4.78 is 27.8. The molecule has 1 aliphatic rings. The van der Waals surface area contributed by atoms with E-state index in [0.717, 1.165) is 34.1 Å². The van der Waals surface area contributed by atoms with Crippen molar-refractivity contribution in [1.29, 1.82) is 0 Å². The van der Waals surface area contributed by atoms with Gasteiger partial charge in [0.1, 0.15) is 5.82 Å². The molecule has 0 aliphatic carbocycles. The van der Waals surface area contributed by atoms with E-state index in [4.69, 9.17) is 4.74 Å². The topological polar surface area (TPSA) is 101 Å². The van der Waals surface area contributed by atoms with Crippen LogP contribution in [0.1, 0.15) is 39.3 Å². The third-order valence-electron chi connectivity index (χ3n) is 5.36. The van der Waals surface area contributed by atoms with E-state index in [2.05, 4.69) is 19.8 Å². The first-order chi connectivity index (χ1) is 16.0. The highest BCUT2D eigenvalue weighted by Gasteiger charge is 2.29. The van der Waals surface area contributed by atoms with Crippen LogP contribution >= 0.6 is 11.3 Å². The number of hydrogen-bond donors (Lipinski definition) is 0. The van der Waals surface area contributed by atoms with Crippen molar-refractivity contribution in [2.75, 3.05) is 7.11 Å². The van der Waals surface area contributed by atoms with Crippen LogP contribution in [0, 0.1) is 12.7 Å². The molecule has 0 N–H and O–H groups in total. The van der Waals surface area contributed by atoms with E-state index in [1.165, 1.54) is 13.3 Å². The Balaban J connectivity index is 1.44. The molecule has 1 aromatic carbocycles. The Morgan fingerprint density at radius 2 is 2.06 bits per heavy atom. The minimum atomic E-state index is -0.778. The summed E-state index contributed by atoms with van der Waals surface area (Å²) in [7, 11) is 1.25. The Hall–Kier alpha value is -3.86. The van der Waals surface area contributed by atoms with Crippen LogP contribution in [0.3, 0.4) is 0 Å². The van der Waals surface area contributed by atoms with Crippen molar-refractivity contribution in [2.45, 2.75) is 25.8 Å². The Morgan fingerprint density at radius 3 is 2.79 bits per heavy atom. The number of benzene rings is 1. The smallest absolute Gasteiger partial charge is 0.367 e. The third-order valence-corrected chi connectivity index (χ3v) is 6.37. The summed E-state index contributed by atoms with van der Waals surface area (Å²) in [5.74, 6) is -1.04. The van der Waals surface area contributed by atoms with Crippen molar-refractivity contribution in [2.24, 2.45) is 0 Å². The molecule has 1 aliphatic heterocycles. The predicted molar refractivity (Wildman–Crippen MR) is 117 cm³/mol. The SMILES string of the molecule is COC(=O)c1nc(C)c(Oc2ncc(-n3nc4n(c3=O)C(c3ccccc3)CC4)cc2F)s1. The molecule has 4 aromatic rings. The number of aryl methyl sites for hydroxylation is 2. The quantitative estimate of drug-likeness (QED) is 0.414. The number of carbonyl (C=O) groups excluding carboxylic acids is 1. The molecule has 1 atom stereocenters. The summed E-state index contributed by atoms with van der Waals surface area (Å²) in [6, 6.07) is 10.8. The van der Waals surface area contributed by atoms with Gasteiger partial charge in [0.15, 0.2) is 5.82 Å². The highest BCUT2D eigenvalue weighted by atomic mass is 32.1. The number of ether oxygens (including phenoxy) is 2. The summed E-state index contributed by atoms with van der Waals surface area (Å²) in [5.41, 5.74) is 1.26. The summed E-state index contributed by atoms with van der Waals surface area (Å²) in [4.78, 5) is 32.8. The summed E-state index contributed by atoms with van der Waals surface area (Å²) in [5, 5.41) is 4.71. The van der Waals surface area contributed by atoms with Crippen molar-refractivity contribution < 1.29 is 18.7 Å². The predicted octanol–water partition coefficient (Wildman–Crippen LogP) is 3.45. The minimum absolute atomic E-state index is 0.0917. The maximum absolute atomic E-state index is 14.8. The second-order valence-corrected chi connectivity index (χ2v) is 8.37. The van der Waals surface area contributed by atoms with Crippen molar-refractivity contribution >= 4 is 17.3 Å². The molecule has 4 heterocycles. The molecular formula is C22H18FN5O4S. The highest BCUT2D eigenvalue weighted by Crippen LogP contribution is 2.33. The van der Waals surface area contributed by atoms with E-state index in [1.807, 2.05) is 30.3 Å². The van der Waals surface area contributed by atoms with Crippen LogP contribution in [0.5, 0.6) is 10.9 Å². The molecule has 168 valence electrons. The molecule has 5 rings (SSSR count). The van der Waals surface area contributed by atoms with Crippen molar-refractivity contribution in [3.05, 3.63) is 81.0 Å². The van der Waals surface area contributed by atoms with Crippen LogP contribution in [-0.2, 0) is 11.2 Å². The summed E-state index contributed by atoms with van der Waals surface area (Å²) in [6.07, 6.45) is 2.74. The second kappa shape index (κ2) is 8.24. The number of rotatable bonds is 5. The molecular weight excluding hydrogens is 449 g/mol. The van der Waals surface area contributed by atoms with Gasteiger partial charge in [-0.25, -0.2) is 23.9 Å². The van der Waals surface area contributed by atoms with E-state index >= 15 is 0 Å². The molecule has 0 saturated heterocycles. The average Bonchev–Trinajstić information content (AvgIpc) is 3.50. The number of nitrogens with zero attached hydrogens (tertiary/aromatic N) is 5. The fourth-order valence-electron chi connectivity index (χ4n) is 3.80. The fraction of sp³-hybridized carbons (Fsp3) is 0.227. The first-order valence-electron chi connectivity index (χ1n) is 10.1. The van der Waals surface area contributed by atoms with Crippen molar-refractivity contribution in [3.63, 3.8) is 0 Å². The maximum Gasteiger partial charge on any atom is 0.367 e. The molecule has 9 nitrogen and oxygen atoms in total. The lowest BCUT2D eigenvalue weighted by atomic mass is 10.1. The monoisotopic (exact) mass is 467 g/mol. The van der Waals surface area contributed by atoms with Gasteiger partial charge in [0.25, 0.3) is 5.88 Å². The lowest BCUT2D eigenvalue weighted by Gasteiger charge is -2.12. The molecule has 0 saturated carbocycles. The number of carbonyl (C=O) groups is 1. The lowest BCUT2D eigenvalue weighted by molar-refractivity contribution is 0.0600. The molecule has 11 heteroatoms. The molecule has 3 aromatic heterocycles. The van der Waals surface area contributed by atoms with Crippen LogP contribution in [0.25, 0.3) is 5.69 Å². The molecule has 1 unspecified atom stereocenters. The number of esters is 1. The fourth-order valence-corrected chi connectivity index (χ4v) is 4.64. The number of fused-ring (bicyclic) bond motifs is 1. The molecule has 33 heavy (non-hydrogen) atoms. The van der Waals surface area contributed by atoms with Gasteiger partial charge in [0.05, 0.1) is 30.7 Å². The Bertz CT molecular complexity index is 1410. The number of pyridine rings is 1. The van der Waals surface area contributed by atoms with Crippen molar-refractivity contribution in [3.8, 4) is 16.6 Å². The van der Waals surface area contributed by atoms with Gasteiger partial charge in [-0.1, -0.05) is 41.7 Å². The van der Waals surface area contributed by atoms with Crippen LogP contribution in [0.15, 0.2) is 47.4 Å². The zero-order valence-electron chi connectivity index (χ0n) is 17.7.